The summed E-state index contributed by atoms with van der Waals surface area (Å²) < 4.78 is 10.7. The molecule has 0 fully saturated rings. The van der Waals surface area contributed by atoms with E-state index in [4.69, 9.17) is 9.47 Å². The Bertz CT molecular complexity index is 896. The summed E-state index contributed by atoms with van der Waals surface area (Å²) in [5.74, 6) is 1.62. The molecule has 1 aromatic heterocycles. The molecule has 7 nitrogen and oxygen atoms in total. The molecule has 0 saturated heterocycles. The number of rotatable bonds is 7. The molecule has 1 amide bonds. The summed E-state index contributed by atoms with van der Waals surface area (Å²) in [7, 11) is 1.60. The largest absolute Gasteiger partial charge is 0.495 e. The Morgan fingerprint density at radius 3 is 2.48 bits per heavy atom. The Balaban J connectivity index is 1.65. The number of carbonyl (C=O) groups excluding carboxylic acids is 1. The van der Waals surface area contributed by atoms with E-state index in [1.807, 2.05) is 31.2 Å². The van der Waals surface area contributed by atoms with Gasteiger partial charge in [0, 0.05) is 5.69 Å². The molecule has 0 aliphatic heterocycles. The SMILES string of the molecule is CCOc1ccc(NC(=O)c2cnc(Nc3ccccc3OC)cn2)cc1. The second-order valence-electron chi connectivity index (χ2n) is 5.52. The minimum absolute atomic E-state index is 0.217. The summed E-state index contributed by atoms with van der Waals surface area (Å²) in [6.45, 7) is 2.51. The summed E-state index contributed by atoms with van der Waals surface area (Å²) in [6.07, 6.45) is 2.92. The second kappa shape index (κ2) is 8.66. The first-order valence-electron chi connectivity index (χ1n) is 8.46. The molecule has 0 atom stereocenters. The number of methoxy groups -OCH3 is 1. The molecule has 3 aromatic rings. The first-order chi connectivity index (χ1) is 13.2. The van der Waals surface area contributed by atoms with Crippen molar-refractivity contribution in [2.45, 2.75) is 6.92 Å². The number of aromatic nitrogens is 2. The van der Waals surface area contributed by atoms with Crippen molar-refractivity contribution in [2.75, 3.05) is 24.4 Å². The van der Waals surface area contributed by atoms with E-state index in [0.717, 1.165) is 11.4 Å². The average Bonchev–Trinajstić information content (AvgIpc) is 2.70. The van der Waals surface area contributed by atoms with Crippen molar-refractivity contribution in [3.8, 4) is 11.5 Å². The molecule has 7 heteroatoms. The van der Waals surface area contributed by atoms with Crippen LogP contribution in [0.1, 0.15) is 17.4 Å². The minimum Gasteiger partial charge on any atom is -0.495 e. The normalized spacial score (nSPS) is 10.1. The van der Waals surface area contributed by atoms with Gasteiger partial charge in [0.05, 0.1) is 31.8 Å². The molecule has 0 radical (unpaired) electrons. The quantitative estimate of drug-likeness (QED) is 0.662. The van der Waals surface area contributed by atoms with Crippen LogP contribution in [-0.2, 0) is 0 Å². The first kappa shape index (κ1) is 18.2. The molecule has 2 N–H and O–H groups in total. The van der Waals surface area contributed by atoms with Crippen molar-refractivity contribution in [3.05, 3.63) is 66.6 Å². The van der Waals surface area contributed by atoms with Gasteiger partial charge in [0.25, 0.3) is 5.91 Å². The van der Waals surface area contributed by atoms with Gasteiger partial charge in [-0.3, -0.25) is 4.79 Å². The molecule has 2 aromatic carbocycles. The molecule has 0 aliphatic rings. The van der Waals surface area contributed by atoms with Crippen LogP contribution in [0, 0.1) is 0 Å². The van der Waals surface area contributed by atoms with Crippen LogP contribution in [-0.4, -0.2) is 29.6 Å². The van der Waals surface area contributed by atoms with Crippen molar-refractivity contribution >= 4 is 23.1 Å². The van der Waals surface area contributed by atoms with Crippen LogP contribution < -0.4 is 20.1 Å². The molecule has 27 heavy (non-hydrogen) atoms. The lowest BCUT2D eigenvalue weighted by Gasteiger charge is -2.10. The number of para-hydroxylation sites is 2. The Morgan fingerprint density at radius 2 is 1.81 bits per heavy atom. The monoisotopic (exact) mass is 364 g/mol. The van der Waals surface area contributed by atoms with Gasteiger partial charge in [0.2, 0.25) is 0 Å². The highest BCUT2D eigenvalue weighted by Crippen LogP contribution is 2.25. The van der Waals surface area contributed by atoms with E-state index in [2.05, 4.69) is 20.6 Å². The van der Waals surface area contributed by atoms with Gasteiger partial charge >= 0.3 is 0 Å². The zero-order valence-electron chi connectivity index (χ0n) is 15.1. The molecule has 3 rings (SSSR count). The number of hydrogen-bond acceptors (Lipinski definition) is 6. The lowest BCUT2D eigenvalue weighted by atomic mass is 10.3. The van der Waals surface area contributed by atoms with E-state index in [1.165, 1.54) is 12.4 Å². The van der Waals surface area contributed by atoms with Gasteiger partial charge in [-0.2, -0.15) is 0 Å². The first-order valence-corrected chi connectivity index (χ1v) is 8.46. The Labute approximate surface area is 157 Å². The summed E-state index contributed by atoms with van der Waals surface area (Å²) in [5.41, 5.74) is 1.64. The Morgan fingerprint density at radius 1 is 1.04 bits per heavy atom. The summed E-state index contributed by atoms with van der Waals surface area (Å²) in [4.78, 5) is 20.7. The highest BCUT2D eigenvalue weighted by molar-refractivity contribution is 6.02. The smallest absolute Gasteiger partial charge is 0.275 e. The average molecular weight is 364 g/mol. The molecule has 0 bridgehead atoms. The van der Waals surface area contributed by atoms with Gasteiger partial charge in [-0.1, -0.05) is 12.1 Å². The van der Waals surface area contributed by atoms with E-state index in [-0.39, 0.29) is 11.6 Å². The maximum Gasteiger partial charge on any atom is 0.275 e. The van der Waals surface area contributed by atoms with E-state index >= 15 is 0 Å². The van der Waals surface area contributed by atoms with Gasteiger partial charge in [-0.25, -0.2) is 9.97 Å². The van der Waals surface area contributed by atoms with Crippen LogP contribution in [0.5, 0.6) is 11.5 Å². The number of ether oxygens (including phenoxy) is 2. The maximum absolute atomic E-state index is 12.3. The number of nitrogens with one attached hydrogen (secondary N) is 2. The number of amides is 1. The predicted octanol–water partition coefficient (Wildman–Crippen LogP) is 3.88. The zero-order chi connectivity index (χ0) is 19.1. The van der Waals surface area contributed by atoms with E-state index in [1.54, 1.807) is 31.4 Å². The number of anilines is 3. The maximum atomic E-state index is 12.3. The molecule has 138 valence electrons. The summed E-state index contributed by atoms with van der Waals surface area (Å²) >= 11 is 0. The predicted molar refractivity (Wildman–Crippen MR) is 104 cm³/mol. The molecule has 0 aliphatic carbocycles. The third-order valence-corrected chi connectivity index (χ3v) is 3.68. The van der Waals surface area contributed by atoms with Crippen molar-refractivity contribution in [2.24, 2.45) is 0 Å². The second-order valence-corrected chi connectivity index (χ2v) is 5.52. The third-order valence-electron chi connectivity index (χ3n) is 3.68. The minimum atomic E-state index is -0.337. The van der Waals surface area contributed by atoms with Crippen LogP contribution in [0.3, 0.4) is 0 Å². The molecular weight excluding hydrogens is 344 g/mol. The summed E-state index contributed by atoms with van der Waals surface area (Å²) in [5, 5.41) is 5.89. The van der Waals surface area contributed by atoms with Gasteiger partial charge in [-0.05, 0) is 43.3 Å². The van der Waals surface area contributed by atoms with E-state index in [9.17, 15) is 4.79 Å². The van der Waals surface area contributed by atoms with E-state index < -0.39 is 0 Å². The zero-order valence-corrected chi connectivity index (χ0v) is 15.1. The van der Waals surface area contributed by atoms with Crippen LogP contribution in [0.25, 0.3) is 0 Å². The fourth-order valence-corrected chi connectivity index (χ4v) is 2.39. The molecule has 0 saturated carbocycles. The molecular formula is C20H20N4O3. The molecule has 0 spiro atoms. The number of carbonyl (C=O) groups is 1. The van der Waals surface area contributed by atoms with Gasteiger partial charge in [-0.15, -0.1) is 0 Å². The third kappa shape index (κ3) is 4.72. The van der Waals surface area contributed by atoms with Gasteiger partial charge in [0.15, 0.2) is 0 Å². The van der Waals surface area contributed by atoms with Crippen LogP contribution in [0.15, 0.2) is 60.9 Å². The number of hydrogen-bond donors (Lipinski definition) is 2. The van der Waals surface area contributed by atoms with Gasteiger partial charge < -0.3 is 20.1 Å². The topological polar surface area (TPSA) is 85.4 Å². The van der Waals surface area contributed by atoms with Crippen molar-refractivity contribution in [1.82, 2.24) is 9.97 Å². The van der Waals surface area contributed by atoms with Crippen molar-refractivity contribution in [1.29, 1.82) is 0 Å². The standard InChI is InChI=1S/C20H20N4O3/c1-3-27-15-10-8-14(9-11-15)23-20(25)17-12-22-19(13-21-17)24-16-6-4-5-7-18(16)26-2/h4-13H,3H2,1-2H3,(H,22,24)(H,23,25). The number of nitrogens with zero attached hydrogens (tertiary/aromatic N) is 2. The molecule has 1 heterocycles. The Hall–Kier alpha value is -3.61. The van der Waals surface area contributed by atoms with Crippen LogP contribution in [0.4, 0.5) is 17.2 Å². The van der Waals surface area contributed by atoms with Crippen LogP contribution in [0.2, 0.25) is 0 Å². The molecule has 0 unspecified atom stereocenters. The highest BCUT2D eigenvalue weighted by Gasteiger charge is 2.10. The lowest BCUT2D eigenvalue weighted by Crippen LogP contribution is -2.14. The van der Waals surface area contributed by atoms with E-state index in [0.29, 0.717) is 23.9 Å². The highest BCUT2D eigenvalue weighted by atomic mass is 16.5. The number of benzene rings is 2. The van der Waals surface area contributed by atoms with Crippen molar-refractivity contribution < 1.29 is 14.3 Å². The van der Waals surface area contributed by atoms with Gasteiger partial charge in [0.1, 0.15) is 23.0 Å². The lowest BCUT2D eigenvalue weighted by molar-refractivity contribution is 0.102. The van der Waals surface area contributed by atoms with Crippen LogP contribution >= 0.6 is 0 Å². The Kier molecular flexibility index (Phi) is 5.84. The fraction of sp³-hybridized carbons (Fsp3) is 0.150. The summed E-state index contributed by atoms with van der Waals surface area (Å²) in [6, 6.07) is 14.6. The van der Waals surface area contributed by atoms with Crippen molar-refractivity contribution in [3.63, 3.8) is 0 Å². The fourth-order valence-electron chi connectivity index (χ4n) is 2.39.